The van der Waals surface area contributed by atoms with Gasteiger partial charge in [-0.2, -0.15) is 0 Å². The molecule has 0 aromatic heterocycles. The number of hydrogen-bond donors (Lipinski definition) is 1. The van der Waals surface area contributed by atoms with Crippen LogP contribution in [0.2, 0.25) is 0 Å². The van der Waals surface area contributed by atoms with Crippen molar-refractivity contribution in [2.24, 2.45) is 0 Å². The maximum absolute atomic E-state index is 14.7. The highest BCUT2D eigenvalue weighted by Crippen LogP contribution is 2.34. The average molecular weight is 658 g/mol. The van der Waals surface area contributed by atoms with E-state index < -0.39 is 28.5 Å². The van der Waals surface area contributed by atoms with Crippen LogP contribution in [0, 0.1) is 6.92 Å². The van der Waals surface area contributed by atoms with E-state index in [1.165, 1.54) is 37.3 Å². The van der Waals surface area contributed by atoms with Crippen molar-refractivity contribution in [3.8, 4) is 11.5 Å². The smallest absolute Gasteiger partial charge is 0.264 e. The van der Waals surface area contributed by atoms with E-state index in [-0.39, 0.29) is 35.5 Å². The molecular weight excluding hydrogens is 614 g/mol. The van der Waals surface area contributed by atoms with Crippen LogP contribution in [-0.4, -0.2) is 58.0 Å². The topological polar surface area (TPSA) is 105 Å². The zero-order valence-electron chi connectivity index (χ0n) is 27.6. The second-order valence-corrected chi connectivity index (χ2v) is 13.2. The summed E-state index contributed by atoms with van der Waals surface area (Å²) < 4.78 is 40.4. The maximum atomic E-state index is 14.7. The summed E-state index contributed by atoms with van der Waals surface area (Å²) in [7, 11) is -1.31. The molecule has 248 valence electrons. The monoisotopic (exact) mass is 657 g/mol. The van der Waals surface area contributed by atoms with Gasteiger partial charge >= 0.3 is 0 Å². The van der Waals surface area contributed by atoms with Gasteiger partial charge in [-0.15, -0.1) is 0 Å². The molecule has 9 nitrogen and oxygen atoms in total. The fourth-order valence-electron chi connectivity index (χ4n) is 5.19. The third kappa shape index (κ3) is 8.71. The number of amides is 2. The highest BCUT2D eigenvalue weighted by Gasteiger charge is 2.35. The average Bonchev–Trinajstić information content (AvgIpc) is 3.09. The number of aryl methyl sites for hydroxylation is 1. The normalized spacial score (nSPS) is 12.4. The molecule has 4 aromatic carbocycles. The number of rotatable bonds is 15. The van der Waals surface area contributed by atoms with Crippen molar-refractivity contribution >= 4 is 27.5 Å². The minimum Gasteiger partial charge on any atom is -0.493 e. The van der Waals surface area contributed by atoms with Gasteiger partial charge in [0, 0.05) is 25.1 Å². The first-order chi connectivity index (χ1) is 22.6. The Morgan fingerprint density at radius 3 is 2.06 bits per heavy atom. The molecule has 4 rings (SSSR count). The summed E-state index contributed by atoms with van der Waals surface area (Å²) in [5.41, 5.74) is 2.87. The van der Waals surface area contributed by atoms with Crippen LogP contribution in [0.15, 0.2) is 108 Å². The molecule has 1 N–H and O–H groups in total. The summed E-state index contributed by atoms with van der Waals surface area (Å²) in [6.45, 7) is 5.36. The van der Waals surface area contributed by atoms with Crippen LogP contribution in [0.5, 0.6) is 11.5 Å². The Balaban J connectivity index is 1.85. The van der Waals surface area contributed by atoms with Crippen molar-refractivity contribution in [2.75, 3.05) is 25.1 Å². The molecule has 47 heavy (non-hydrogen) atoms. The number of anilines is 1. The van der Waals surface area contributed by atoms with Gasteiger partial charge in [-0.25, -0.2) is 8.42 Å². The van der Waals surface area contributed by atoms with Crippen LogP contribution < -0.4 is 19.1 Å². The lowest BCUT2D eigenvalue weighted by Crippen LogP contribution is -2.54. The molecular formula is C37H43N3O6S. The molecule has 0 heterocycles. The lowest BCUT2D eigenvalue weighted by Gasteiger charge is -2.34. The molecule has 0 saturated heterocycles. The summed E-state index contributed by atoms with van der Waals surface area (Å²) in [5.74, 6) is -0.140. The minimum absolute atomic E-state index is 0.0170. The number of methoxy groups -OCH3 is 2. The largest absolute Gasteiger partial charge is 0.493 e. The summed E-state index contributed by atoms with van der Waals surface area (Å²) in [5, 5.41) is 3.06. The molecule has 0 aliphatic carbocycles. The third-order valence-electron chi connectivity index (χ3n) is 8.14. The molecule has 0 radical (unpaired) electrons. The summed E-state index contributed by atoms with van der Waals surface area (Å²) in [4.78, 5) is 30.2. The molecule has 0 spiro atoms. The van der Waals surface area contributed by atoms with E-state index in [2.05, 4.69) is 5.32 Å². The molecule has 0 saturated carbocycles. The number of ether oxygens (including phenoxy) is 2. The molecule has 0 bridgehead atoms. The Morgan fingerprint density at radius 2 is 1.45 bits per heavy atom. The molecule has 0 unspecified atom stereocenters. The van der Waals surface area contributed by atoms with E-state index in [0.29, 0.717) is 17.9 Å². The van der Waals surface area contributed by atoms with Crippen LogP contribution in [0.25, 0.3) is 0 Å². The Morgan fingerprint density at radius 1 is 0.830 bits per heavy atom. The summed E-state index contributed by atoms with van der Waals surface area (Å²) in [6.07, 6.45) is 0.945. The number of benzene rings is 4. The summed E-state index contributed by atoms with van der Waals surface area (Å²) in [6, 6.07) is 28.7. The number of sulfonamides is 1. The lowest BCUT2D eigenvalue weighted by molar-refractivity contribution is -0.140. The number of nitrogens with one attached hydrogen (secondary N) is 1. The fraction of sp³-hybridized carbons (Fsp3) is 0.297. The van der Waals surface area contributed by atoms with E-state index >= 15 is 0 Å². The highest BCUT2D eigenvalue weighted by molar-refractivity contribution is 7.92. The number of carbonyl (C=O) groups excluding carboxylic acids is 2. The predicted molar refractivity (Wildman–Crippen MR) is 184 cm³/mol. The van der Waals surface area contributed by atoms with Crippen molar-refractivity contribution < 1.29 is 27.5 Å². The van der Waals surface area contributed by atoms with Crippen molar-refractivity contribution in [3.05, 3.63) is 120 Å². The number of nitrogens with zero attached hydrogens (tertiary/aromatic N) is 2. The van der Waals surface area contributed by atoms with Gasteiger partial charge < -0.3 is 19.7 Å². The van der Waals surface area contributed by atoms with Crippen LogP contribution in [0.1, 0.15) is 37.0 Å². The lowest BCUT2D eigenvalue weighted by atomic mass is 10.0. The van der Waals surface area contributed by atoms with Gasteiger partial charge in [0.05, 0.1) is 24.8 Å². The molecule has 10 heteroatoms. The van der Waals surface area contributed by atoms with Gasteiger partial charge in [0.25, 0.3) is 10.0 Å². The first kappa shape index (κ1) is 35.0. The number of hydrogen-bond acceptors (Lipinski definition) is 6. The fourth-order valence-corrected chi connectivity index (χ4v) is 6.62. The van der Waals surface area contributed by atoms with Gasteiger partial charge in [-0.05, 0) is 61.2 Å². The summed E-state index contributed by atoms with van der Waals surface area (Å²) >= 11 is 0. The van der Waals surface area contributed by atoms with E-state index in [0.717, 1.165) is 21.0 Å². The maximum Gasteiger partial charge on any atom is 0.264 e. The second-order valence-electron chi connectivity index (χ2n) is 11.3. The number of carbonyl (C=O) groups is 2. The van der Waals surface area contributed by atoms with Crippen molar-refractivity contribution in [3.63, 3.8) is 0 Å². The van der Waals surface area contributed by atoms with Crippen molar-refractivity contribution in [2.45, 2.75) is 57.1 Å². The van der Waals surface area contributed by atoms with Crippen LogP contribution in [-0.2, 0) is 32.6 Å². The van der Waals surface area contributed by atoms with Crippen LogP contribution in [0.3, 0.4) is 0 Å². The Hall–Kier alpha value is -4.83. The van der Waals surface area contributed by atoms with Gasteiger partial charge in [-0.3, -0.25) is 13.9 Å². The predicted octanol–water partition coefficient (Wildman–Crippen LogP) is 5.76. The molecule has 2 atom stereocenters. The third-order valence-corrected chi connectivity index (χ3v) is 9.93. The van der Waals surface area contributed by atoms with Gasteiger partial charge in [-0.1, -0.05) is 79.7 Å². The molecule has 0 aliphatic rings. The van der Waals surface area contributed by atoms with E-state index in [1.54, 1.807) is 30.3 Å². The van der Waals surface area contributed by atoms with E-state index in [4.69, 9.17) is 9.47 Å². The Labute approximate surface area is 278 Å². The Kier molecular flexibility index (Phi) is 12.0. The molecule has 0 fully saturated rings. The zero-order valence-corrected chi connectivity index (χ0v) is 28.4. The SMILES string of the molecule is CC[C@H](C)NC(=O)[C@@H](Cc1ccccc1)N(Cc1ccccc1C)C(=O)CN(c1ccc(OC)c(OC)c1)S(=O)(=O)c1ccccc1. The second kappa shape index (κ2) is 16.1. The highest BCUT2D eigenvalue weighted by atomic mass is 32.2. The van der Waals surface area contributed by atoms with Gasteiger partial charge in [0.1, 0.15) is 12.6 Å². The van der Waals surface area contributed by atoms with Crippen LogP contribution >= 0.6 is 0 Å². The first-order valence-electron chi connectivity index (χ1n) is 15.6. The standard InChI is InChI=1S/C37H43N3O6S/c1-6-28(3)38-37(42)33(23-29-16-9-7-10-17-29)39(25-30-18-14-13-15-27(30)2)36(41)26-40(47(43,44)32-19-11-8-12-20-32)31-21-22-34(45-4)35(24-31)46-5/h7-22,24,28,33H,6,23,25-26H2,1-5H3,(H,38,42)/t28-,33+/m0/s1. The Bertz CT molecular complexity index is 1750. The zero-order chi connectivity index (χ0) is 34.0. The van der Waals surface area contributed by atoms with Crippen LogP contribution in [0.4, 0.5) is 5.69 Å². The first-order valence-corrected chi connectivity index (χ1v) is 17.0. The van der Waals surface area contributed by atoms with Crippen molar-refractivity contribution in [1.82, 2.24) is 10.2 Å². The van der Waals surface area contributed by atoms with E-state index in [1.807, 2.05) is 75.4 Å². The molecule has 2 amide bonds. The van der Waals surface area contributed by atoms with Gasteiger partial charge in [0.2, 0.25) is 11.8 Å². The quantitative estimate of drug-likeness (QED) is 0.174. The van der Waals surface area contributed by atoms with E-state index in [9.17, 15) is 18.0 Å². The van der Waals surface area contributed by atoms with Gasteiger partial charge in [0.15, 0.2) is 11.5 Å². The minimum atomic E-state index is -4.25. The molecule has 4 aromatic rings. The van der Waals surface area contributed by atoms with Crippen molar-refractivity contribution in [1.29, 1.82) is 0 Å². The molecule has 0 aliphatic heterocycles.